The van der Waals surface area contributed by atoms with Crippen molar-refractivity contribution < 1.29 is 34.3 Å². The van der Waals surface area contributed by atoms with Crippen LogP contribution in [0.15, 0.2) is 47.5 Å². The van der Waals surface area contributed by atoms with Gasteiger partial charge >= 0.3 is 11.9 Å². The van der Waals surface area contributed by atoms with Crippen molar-refractivity contribution in [2.75, 3.05) is 6.26 Å². The van der Waals surface area contributed by atoms with E-state index in [1.807, 2.05) is 30.1 Å². The molecule has 1 amide bonds. The van der Waals surface area contributed by atoms with E-state index in [1.165, 1.54) is 16.2 Å². The number of nitrogens with zero attached hydrogens (tertiary/aromatic N) is 3. The molecule has 2 aromatic heterocycles. The molecule has 35 heavy (non-hydrogen) atoms. The predicted octanol–water partition coefficient (Wildman–Crippen LogP) is 2.41. The third-order valence-corrected chi connectivity index (χ3v) is 8.88. The lowest BCUT2D eigenvalue weighted by atomic mass is 9.77. The van der Waals surface area contributed by atoms with Crippen molar-refractivity contribution in [3.8, 4) is 0 Å². The van der Waals surface area contributed by atoms with E-state index in [9.17, 15) is 24.6 Å². The van der Waals surface area contributed by atoms with Crippen LogP contribution in [0.25, 0.3) is 10.4 Å². The van der Waals surface area contributed by atoms with Crippen molar-refractivity contribution >= 4 is 51.3 Å². The van der Waals surface area contributed by atoms with Gasteiger partial charge in [-0.25, -0.2) is 14.2 Å². The number of amides is 1. The van der Waals surface area contributed by atoms with Gasteiger partial charge in [-0.3, -0.25) is 4.79 Å². The Balaban J connectivity index is 1.52. The highest BCUT2D eigenvalue weighted by atomic mass is 32.2. The second-order valence-corrected chi connectivity index (χ2v) is 10.7. The van der Waals surface area contributed by atoms with Gasteiger partial charge < -0.3 is 20.2 Å². The Kier molecular flexibility index (Phi) is 5.73. The third kappa shape index (κ3) is 3.57. The van der Waals surface area contributed by atoms with E-state index in [2.05, 4.69) is 4.57 Å². The van der Waals surface area contributed by atoms with E-state index in [4.69, 9.17) is 5.11 Å². The van der Waals surface area contributed by atoms with Crippen LogP contribution < -0.4 is 4.57 Å². The molecule has 11 heteroatoms. The molecule has 3 N–H and O–H groups in total. The average molecular weight is 515 g/mol. The molecule has 0 radical (unpaired) electrons. The smallest absolute Gasteiger partial charge is 0.352 e. The number of imidazole rings is 1. The van der Waals surface area contributed by atoms with Crippen LogP contribution in [0.3, 0.4) is 0 Å². The first-order valence-electron chi connectivity index (χ1n) is 11.0. The molecule has 2 aliphatic rings. The molecule has 0 unspecified atom stereocenters. The maximum atomic E-state index is 12.6. The van der Waals surface area contributed by atoms with Crippen LogP contribution in [-0.2, 0) is 16.1 Å². The quantitative estimate of drug-likeness (QED) is 0.251. The topological polar surface area (TPSA) is 123 Å². The normalized spacial score (nSPS) is 22.5. The number of fused-ring (bicyclic) bond motifs is 2. The van der Waals surface area contributed by atoms with Crippen molar-refractivity contribution in [2.45, 2.75) is 37.6 Å². The number of β-lactam (4-membered cyclic amide) rings is 1. The Labute approximate surface area is 208 Å². The minimum atomic E-state index is -1.14. The lowest BCUT2D eigenvalue weighted by Crippen LogP contribution is -2.63. The fourth-order valence-electron chi connectivity index (χ4n) is 5.22. The molecule has 1 fully saturated rings. The molecule has 5 rings (SSSR count). The minimum absolute atomic E-state index is 0.00556. The highest BCUT2D eigenvalue weighted by Crippen LogP contribution is 2.51. The van der Waals surface area contributed by atoms with Crippen LogP contribution in [0.4, 0.5) is 0 Å². The summed E-state index contributed by atoms with van der Waals surface area (Å²) in [5.41, 5.74) is 1.82. The fourth-order valence-corrected chi connectivity index (χ4v) is 7.40. The lowest BCUT2D eigenvalue weighted by Gasteiger charge is -2.46. The van der Waals surface area contributed by atoms with Gasteiger partial charge in [0.25, 0.3) is 6.33 Å². The van der Waals surface area contributed by atoms with Crippen LogP contribution >= 0.6 is 23.1 Å². The summed E-state index contributed by atoms with van der Waals surface area (Å²) in [6, 6.07) is 6.40. The highest BCUT2D eigenvalue weighted by molar-refractivity contribution is 7.98. The summed E-state index contributed by atoms with van der Waals surface area (Å²) in [7, 11) is 0. The Morgan fingerprint density at radius 3 is 2.46 bits per heavy atom. The molecule has 0 saturated carbocycles. The van der Waals surface area contributed by atoms with Gasteiger partial charge in [0, 0.05) is 11.5 Å². The number of aromatic nitrogens is 2. The lowest BCUT2D eigenvalue weighted by molar-refractivity contribution is -0.721. The Morgan fingerprint density at radius 2 is 1.89 bits per heavy atom. The first kappa shape index (κ1) is 23.6. The maximum Gasteiger partial charge on any atom is 0.352 e. The van der Waals surface area contributed by atoms with Crippen molar-refractivity contribution in [2.24, 2.45) is 11.8 Å². The number of aromatic carboxylic acids is 1. The van der Waals surface area contributed by atoms with Crippen molar-refractivity contribution in [1.29, 1.82) is 0 Å². The Bertz CT molecular complexity index is 1400. The molecule has 1 saturated heterocycles. The van der Waals surface area contributed by atoms with Gasteiger partial charge in [-0.2, -0.15) is 4.40 Å². The predicted molar refractivity (Wildman–Crippen MR) is 129 cm³/mol. The van der Waals surface area contributed by atoms with Crippen LogP contribution in [0.2, 0.25) is 0 Å². The molecule has 182 valence electrons. The second-order valence-electron chi connectivity index (χ2n) is 8.88. The first-order valence-corrected chi connectivity index (χ1v) is 13.1. The summed E-state index contributed by atoms with van der Waals surface area (Å²) in [6.45, 7) is 4.04. The van der Waals surface area contributed by atoms with Crippen molar-refractivity contribution in [3.05, 3.63) is 58.5 Å². The zero-order valence-electron chi connectivity index (χ0n) is 19.2. The number of aliphatic carboxylic acids is 1. The molecule has 4 heterocycles. The third-order valence-electron chi connectivity index (χ3n) is 6.79. The van der Waals surface area contributed by atoms with E-state index >= 15 is 0 Å². The molecule has 4 atom stereocenters. The molecule has 1 aromatic carbocycles. The van der Waals surface area contributed by atoms with Crippen LogP contribution in [0.1, 0.15) is 34.6 Å². The summed E-state index contributed by atoms with van der Waals surface area (Å²) in [5, 5.41) is 30.1. The molecule has 0 bridgehead atoms. The molecule has 9 nitrogen and oxygen atoms in total. The standard InChI is InChI=1S/C24H23N3O6S2/c1-11-16(19(24(32)33)27-18(11)17(12(2)28)20(27)29)15-9-26-10-25(21(34-3)22(26)35-15)8-13-4-6-14(7-5-13)23(30)31/h4-7,9-12,17-18,28H,8H2,1-3H3,(H-,30,31,32,33)/p+1/t11-,12+,17+,18+/m0/s1. The van der Waals surface area contributed by atoms with Crippen molar-refractivity contribution in [3.63, 3.8) is 0 Å². The number of carbonyl (C=O) groups is 3. The van der Waals surface area contributed by atoms with Crippen LogP contribution in [0, 0.1) is 11.8 Å². The number of benzene rings is 1. The Hall–Kier alpha value is -3.15. The highest BCUT2D eigenvalue weighted by Gasteiger charge is 2.60. The molecule has 3 aromatic rings. The van der Waals surface area contributed by atoms with E-state index in [-0.39, 0.29) is 29.1 Å². The summed E-state index contributed by atoms with van der Waals surface area (Å²) >= 11 is 3.04. The van der Waals surface area contributed by atoms with Crippen LogP contribution in [0.5, 0.6) is 0 Å². The van der Waals surface area contributed by atoms with Gasteiger partial charge in [0.05, 0.1) is 28.5 Å². The first-order chi connectivity index (χ1) is 16.6. The summed E-state index contributed by atoms with van der Waals surface area (Å²) < 4.78 is 4.03. The average Bonchev–Trinajstić information content (AvgIpc) is 3.41. The number of rotatable bonds is 7. The summed E-state index contributed by atoms with van der Waals surface area (Å²) in [5.74, 6) is -3.27. The van der Waals surface area contributed by atoms with Gasteiger partial charge in [0.15, 0.2) is 0 Å². The van der Waals surface area contributed by atoms with Gasteiger partial charge in [-0.1, -0.05) is 42.2 Å². The number of thioether (sulfide) groups is 1. The number of aliphatic hydroxyl groups is 1. The SMILES string of the molecule is CSc1c2sc(C3=C(C(=O)O)N4C(=O)[C@H]([C@@H](C)O)[C@H]4[C@H]3C)cn2c[n+]1Cc1ccc(C(=O)O)cc1. The number of carboxylic acid groups (broad SMARTS) is 2. The summed E-state index contributed by atoms with van der Waals surface area (Å²) in [6.07, 6.45) is 4.96. The van der Waals surface area contributed by atoms with Gasteiger partial charge in [-0.15, -0.1) is 0 Å². The Morgan fingerprint density at radius 1 is 1.20 bits per heavy atom. The van der Waals surface area contributed by atoms with Crippen molar-refractivity contribution in [1.82, 2.24) is 9.30 Å². The fraction of sp³-hybridized carbons (Fsp3) is 0.333. The van der Waals surface area contributed by atoms with E-state index in [0.717, 1.165) is 20.3 Å². The van der Waals surface area contributed by atoms with Gasteiger partial charge in [0.2, 0.25) is 15.8 Å². The number of thiazole rings is 1. The number of carboxylic acids is 2. The maximum absolute atomic E-state index is 12.6. The molecule has 0 spiro atoms. The number of hydrogen-bond acceptors (Lipinski definition) is 6. The van der Waals surface area contributed by atoms with Gasteiger partial charge in [-0.05, 0) is 30.9 Å². The second kappa shape index (κ2) is 8.51. The monoisotopic (exact) mass is 514 g/mol. The van der Waals surface area contributed by atoms with E-state index in [0.29, 0.717) is 12.1 Å². The molecular weight excluding hydrogens is 490 g/mol. The number of carbonyl (C=O) groups excluding carboxylic acids is 1. The number of hydrogen-bond donors (Lipinski definition) is 3. The van der Waals surface area contributed by atoms with Gasteiger partial charge in [0.1, 0.15) is 18.4 Å². The zero-order valence-corrected chi connectivity index (χ0v) is 20.8. The number of aliphatic hydroxyl groups excluding tert-OH is 1. The minimum Gasteiger partial charge on any atom is -0.478 e. The van der Waals surface area contributed by atoms with Crippen LogP contribution in [-0.4, -0.2) is 60.9 Å². The zero-order chi connectivity index (χ0) is 25.2. The van der Waals surface area contributed by atoms with E-state index < -0.39 is 24.0 Å². The molecule has 0 aliphatic carbocycles. The molecular formula is C24H24N3O6S2+. The summed E-state index contributed by atoms with van der Waals surface area (Å²) in [4.78, 5) is 39.0. The largest absolute Gasteiger partial charge is 0.478 e. The van der Waals surface area contributed by atoms with E-state index in [1.54, 1.807) is 43.0 Å². The molecule has 2 aliphatic heterocycles.